The SMILES string of the molecule is CCOc1ccc2c(c1)CCNC2c1cc(OC)c(OC)cc1[N+](=O)[O-]. The monoisotopic (exact) mass is 358 g/mol. The summed E-state index contributed by atoms with van der Waals surface area (Å²) in [5.41, 5.74) is 2.69. The maximum Gasteiger partial charge on any atom is 0.278 e. The van der Waals surface area contributed by atoms with Gasteiger partial charge in [-0.1, -0.05) is 6.07 Å². The molecule has 0 aromatic heterocycles. The highest BCUT2D eigenvalue weighted by Gasteiger charge is 2.30. The maximum absolute atomic E-state index is 11.6. The quantitative estimate of drug-likeness (QED) is 0.630. The molecule has 0 saturated heterocycles. The highest BCUT2D eigenvalue weighted by atomic mass is 16.6. The number of nitrogens with one attached hydrogen (secondary N) is 1. The Morgan fingerprint density at radius 2 is 1.88 bits per heavy atom. The number of fused-ring (bicyclic) bond motifs is 1. The molecule has 1 N–H and O–H groups in total. The van der Waals surface area contributed by atoms with Crippen LogP contribution in [0, 0.1) is 10.1 Å². The summed E-state index contributed by atoms with van der Waals surface area (Å²) in [4.78, 5) is 11.3. The van der Waals surface area contributed by atoms with Crippen LogP contribution in [0.1, 0.15) is 29.7 Å². The second-order valence-corrected chi connectivity index (χ2v) is 5.95. The molecule has 1 aliphatic heterocycles. The van der Waals surface area contributed by atoms with Crippen molar-refractivity contribution in [3.63, 3.8) is 0 Å². The molecule has 138 valence electrons. The Labute approximate surface area is 152 Å². The zero-order chi connectivity index (χ0) is 18.7. The third-order valence-electron chi connectivity index (χ3n) is 4.52. The molecule has 0 aliphatic carbocycles. The summed E-state index contributed by atoms with van der Waals surface area (Å²) in [6.45, 7) is 3.26. The summed E-state index contributed by atoms with van der Waals surface area (Å²) in [5, 5.41) is 15.0. The number of rotatable bonds is 6. The predicted octanol–water partition coefficient (Wildman–Crippen LogP) is 3.25. The van der Waals surface area contributed by atoms with Gasteiger partial charge in [0.1, 0.15) is 5.75 Å². The van der Waals surface area contributed by atoms with Gasteiger partial charge in [-0.05, 0) is 42.7 Å². The first kappa shape index (κ1) is 18.0. The average molecular weight is 358 g/mol. The summed E-state index contributed by atoms with van der Waals surface area (Å²) in [5.74, 6) is 1.62. The molecule has 7 heteroatoms. The molecular weight excluding hydrogens is 336 g/mol. The summed E-state index contributed by atoms with van der Waals surface area (Å²) < 4.78 is 16.1. The number of methoxy groups -OCH3 is 2. The standard InChI is InChI=1S/C19H22N2O5/c1-4-26-13-5-6-14-12(9-13)7-8-20-19(14)15-10-17(24-2)18(25-3)11-16(15)21(22)23/h5-6,9-11,19-20H,4,7-8H2,1-3H3. The van der Waals surface area contributed by atoms with Gasteiger partial charge in [0.15, 0.2) is 11.5 Å². The molecule has 1 aliphatic rings. The van der Waals surface area contributed by atoms with Crippen molar-refractivity contribution in [3.8, 4) is 17.2 Å². The van der Waals surface area contributed by atoms with E-state index in [0.717, 1.165) is 29.8 Å². The van der Waals surface area contributed by atoms with Crippen molar-refractivity contribution in [1.29, 1.82) is 0 Å². The molecule has 0 bridgehead atoms. The molecule has 7 nitrogen and oxygen atoms in total. The first-order valence-corrected chi connectivity index (χ1v) is 8.48. The van der Waals surface area contributed by atoms with E-state index in [1.54, 1.807) is 6.07 Å². The Morgan fingerprint density at radius 3 is 2.54 bits per heavy atom. The fourth-order valence-electron chi connectivity index (χ4n) is 3.35. The van der Waals surface area contributed by atoms with E-state index >= 15 is 0 Å². The van der Waals surface area contributed by atoms with E-state index < -0.39 is 0 Å². The first-order valence-electron chi connectivity index (χ1n) is 8.48. The summed E-state index contributed by atoms with van der Waals surface area (Å²) in [6, 6.07) is 8.68. The molecule has 2 aromatic rings. The predicted molar refractivity (Wildman–Crippen MR) is 97.4 cm³/mol. The highest BCUT2D eigenvalue weighted by Crippen LogP contribution is 2.41. The Morgan fingerprint density at radius 1 is 1.15 bits per heavy atom. The van der Waals surface area contributed by atoms with Crippen molar-refractivity contribution in [2.45, 2.75) is 19.4 Å². The zero-order valence-corrected chi connectivity index (χ0v) is 15.1. The highest BCUT2D eigenvalue weighted by molar-refractivity contribution is 5.58. The molecule has 0 saturated carbocycles. The van der Waals surface area contributed by atoms with E-state index in [1.807, 2.05) is 25.1 Å². The van der Waals surface area contributed by atoms with Crippen LogP contribution in [0.4, 0.5) is 5.69 Å². The van der Waals surface area contributed by atoms with Crippen molar-refractivity contribution in [1.82, 2.24) is 5.32 Å². The fourth-order valence-corrected chi connectivity index (χ4v) is 3.35. The lowest BCUT2D eigenvalue weighted by atomic mass is 9.88. The van der Waals surface area contributed by atoms with E-state index in [0.29, 0.717) is 23.7 Å². The van der Waals surface area contributed by atoms with E-state index in [2.05, 4.69) is 5.32 Å². The van der Waals surface area contributed by atoms with E-state index in [1.165, 1.54) is 20.3 Å². The minimum Gasteiger partial charge on any atom is -0.494 e. The Balaban J connectivity index is 2.11. The number of benzene rings is 2. The van der Waals surface area contributed by atoms with Crippen LogP contribution < -0.4 is 19.5 Å². The number of ether oxygens (including phenoxy) is 3. The molecule has 0 spiro atoms. The average Bonchev–Trinajstić information content (AvgIpc) is 2.66. The topological polar surface area (TPSA) is 82.9 Å². The second-order valence-electron chi connectivity index (χ2n) is 5.95. The molecule has 1 atom stereocenters. The number of hydrogen-bond acceptors (Lipinski definition) is 6. The van der Waals surface area contributed by atoms with Crippen LogP contribution in [0.5, 0.6) is 17.2 Å². The third kappa shape index (κ3) is 3.30. The van der Waals surface area contributed by atoms with Crippen LogP contribution in [0.25, 0.3) is 0 Å². The lowest BCUT2D eigenvalue weighted by Crippen LogP contribution is -2.31. The first-order chi connectivity index (χ1) is 12.6. The molecule has 0 radical (unpaired) electrons. The van der Waals surface area contributed by atoms with Crippen molar-refractivity contribution in [2.75, 3.05) is 27.4 Å². The molecule has 0 amide bonds. The molecule has 0 fully saturated rings. The van der Waals surface area contributed by atoms with Gasteiger partial charge in [0.05, 0.1) is 43.4 Å². The minimum atomic E-state index is -0.387. The van der Waals surface area contributed by atoms with Crippen molar-refractivity contribution >= 4 is 5.69 Å². The third-order valence-corrected chi connectivity index (χ3v) is 4.52. The molecular formula is C19H22N2O5. The lowest BCUT2D eigenvalue weighted by Gasteiger charge is -2.28. The van der Waals surface area contributed by atoms with Gasteiger partial charge in [0.2, 0.25) is 0 Å². The maximum atomic E-state index is 11.6. The lowest BCUT2D eigenvalue weighted by molar-refractivity contribution is -0.385. The van der Waals surface area contributed by atoms with Crippen LogP contribution in [0.3, 0.4) is 0 Å². The van der Waals surface area contributed by atoms with Crippen molar-refractivity contribution in [2.24, 2.45) is 0 Å². The normalized spacial score (nSPS) is 15.9. The summed E-state index contributed by atoms with van der Waals surface area (Å²) in [6.07, 6.45) is 0.841. The second kappa shape index (κ2) is 7.61. The summed E-state index contributed by atoms with van der Waals surface area (Å²) in [7, 11) is 2.98. The van der Waals surface area contributed by atoms with E-state index in [-0.39, 0.29) is 16.7 Å². The van der Waals surface area contributed by atoms with Crippen LogP contribution in [-0.4, -0.2) is 32.3 Å². The van der Waals surface area contributed by atoms with E-state index in [9.17, 15) is 10.1 Å². The molecule has 3 rings (SSSR count). The molecule has 1 unspecified atom stereocenters. The molecule has 1 heterocycles. The number of hydrogen-bond donors (Lipinski definition) is 1. The number of nitrogens with zero attached hydrogens (tertiary/aromatic N) is 1. The smallest absolute Gasteiger partial charge is 0.278 e. The Hall–Kier alpha value is -2.80. The Kier molecular flexibility index (Phi) is 5.27. The van der Waals surface area contributed by atoms with Gasteiger partial charge in [-0.25, -0.2) is 0 Å². The molecule has 2 aromatic carbocycles. The van der Waals surface area contributed by atoms with Gasteiger partial charge in [-0.2, -0.15) is 0 Å². The van der Waals surface area contributed by atoms with Crippen molar-refractivity contribution < 1.29 is 19.1 Å². The zero-order valence-electron chi connectivity index (χ0n) is 15.1. The molecule has 26 heavy (non-hydrogen) atoms. The van der Waals surface area contributed by atoms with Crippen LogP contribution in [0.15, 0.2) is 30.3 Å². The van der Waals surface area contributed by atoms with Crippen LogP contribution in [-0.2, 0) is 6.42 Å². The largest absolute Gasteiger partial charge is 0.494 e. The van der Waals surface area contributed by atoms with Crippen LogP contribution >= 0.6 is 0 Å². The number of nitro groups is 1. The van der Waals surface area contributed by atoms with Gasteiger partial charge < -0.3 is 19.5 Å². The number of nitro benzene ring substituents is 1. The summed E-state index contributed by atoms with van der Waals surface area (Å²) >= 11 is 0. The van der Waals surface area contributed by atoms with Gasteiger partial charge in [-0.3, -0.25) is 10.1 Å². The van der Waals surface area contributed by atoms with Gasteiger partial charge in [0.25, 0.3) is 5.69 Å². The Bertz CT molecular complexity index is 822. The van der Waals surface area contributed by atoms with Gasteiger partial charge in [0, 0.05) is 6.54 Å². The van der Waals surface area contributed by atoms with Gasteiger partial charge >= 0.3 is 0 Å². The minimum absolute atomic E-state index is 0.00175. The van der Waals surface area contributed by atoms with Crippen LogP contribution in [0.2, 0.25) is 0 Å². The van der Waals surface area contributed by atoms with Crippen molar-refractivity contribution in [3.05, 3.63) is 57.1 Å². The fraction of sp³-hybridized carbons (Fsp3) is 0.368. The van der Waals surface area contributed by atoms with E-state index in [4.69, 9.17) is 14.2 Å². The van der Waals surface area contributed by atoms with Gasteiger partial charge in [-0.15, -0.1) is 0 Å².